The number of ether oxygens (including phenoxy) is 1. The van der Waals surface area contributed by atoms with Gasteiger partial charge in [0.1, 0.15) is 21.9 Å². The third-order valence-electron chi connectivity index (χ3n) is 4.83. The average molecular weight is 402 g/mol. The highest BCUT2D eigenvalue weighted by Crippen LogP contribution is 2.35. The first-order chi connectivity index (χ1) is 12.9. The summed E-state index contributed by atoms with van der Waals surface area (Å²) in [5, 5.41) is 1.94. The van der Waals surface area contributed by atoms with Gasteiger partial charge >= 0.3 is 0 Å². The van der Waals surface area contributed by atoms with Crippen LogP contribution in [0.1, 0.15) is 29.0 Å². The zero-order chi connectivity index (χ0) is 19.6. The zero-order valence-corrected chi connectivity index (χ0v) is 17.8. The highest BCUT2D eigenvalue weighted by atomic mass is 32.2. The molecule has 0 saturated carbocycles. The molecule has 2 aromatic heterocycles. The van der Waals surface area contributed by atoms with Crippen molar-refractivity contribution in [3.05, 3.63) is 46.6 Å². The van der Waals surface area contributed by atoms with Gasteiger partial charge in [-0.1, -0.05) is 30.0 Å². The summed E-state index contributed by atoms with van der Waals surface area (Å²) in [7, 11) is 3.48. The number of thioether (sulfide) groups is 1. The molecule has 0 saturated heterocycles. The Balaban J connectivity index is 1.74. The standard InChI is InChI=1S/C20H23N3O2S2/c1-12-14(3)27-20-18(12)19(21-11-22-20)26-10-17(24)23(4)13(2)15-8-6-7-9-16(15)25-5/h6-9,11,13H,10H2,1-5H3. The van der Waals surface area contributed by atoms with Crippen LogP contribution in [0.4, 0.5) is 0 Å². The van der Waals surface area contributed by atoms with E-state index >= 15 is 0 Å². The Morgan fingerprint density at radius 1 is 1.30 bits per heavy atom. The molecule has 142 valence electrons. The van der Waals surface area contributed by atoms with Gasteiger partial charge in [0.05, 0.1) is 18.9 Å². The molecule has 0 fully saturated rings. The van der Waals surface area contributed by atoms with E-state index in [1.807, 2.05) is 38.2 Å². The van der Waals surface area contributed by atoms with Gasteiger partial charge in [-0.05, 0) is 32.4 Å². The van der Waals surface area contributed by atoms with Gasteiger partial charge in [-0.25, -0.2) is 9.97 Å². The molecule has 0 spiro atoms. The van der Waals surface area contributed by atoms with Crippen LogP contribution < -0.4 is 4.74 Å². The van der Waals surface area contributed by atoms with Gasteiger partial charge in [-0.3, -0.25) is 4.79 Å². The van der Waals surface area contributed by atoms with Crippen LogP contribution in [0.15, 0.2) is 35.6 Å². The summed E-state index contributed by atoms with van der Waals surface area (Å²) in [4.78, 5) is 25.5. The van der Waals surface area contributed by atoms with E-state index in [-0.39, 0.29) is 11.9 Å². The summed E-state index contributed by atoms with van der Waals surface area (Å²) in [6.07, 6.45) is 1.58. The Morgan fingerprint density at radius 2 is 2.04 bits per heavy atom. The molecule has 1 unspecified atom stereocenters. The van der Waals surface area contributed by atoms with Crippen molar-refractivity contribution in [1.82, 2.24) is 14.9 Å². The summed E-state index contributed by atoms with van der Waals surface area (Å²) in [6, 6.07) is 7.72. The number of aromatic nitrogens is 2. The Bertz CT molecular complexity index is 971. The van der Waals surface area contributed by atoms with Crippen molar-refractivity contribution in [1.29, 1.82) is 0 Å². The lowest BCUT2D eigenvalue weighted by Crippen LogP contribution is -2.31. The highest BCUT2D eigenvalue weighted by Gasteiger charge is 2.21. The van der Waals surface area contributed by atoms with Gasteiger partial charge in [0.15, 0.2) is 0 Å². The van der Waals surface area contributed by atoms with Crippen LogP contribution in [0.2, 0.25) is 0 Å². The second kappa shape index (κ2) is 8.27. The van der Waals surface area contributed by atoms with E-state index in [9.17, 15) is 4.79 Å². The van der Waals surface area contributed by atoms with E-state index < -0.39 is 0 Å². The van der Waals surface area contributed by atoms with Crippen LogP contribution in [0.5, 0.6) is 5.75 Å². The van der Waals surface area contributed by atoms with Crippen LogP contribution in [-0.4, -0.2) is 40.7 Å². The maximum absolute atomic E-state index is 12.8. The quantitative estimate of drug-likeness (QED) is 0.445. The number of benzene rings is 1. The van der Waals surface area contributed by atoms with Gasteiger partial charge in [0, 0.05) is 22.9 Å². The van der Waals surface area contributed by atoms with Crippen LogP contribution in [0.3, 0.4) is 0 Å². The molecule has 1 atom stereocenters. The molecule has 1 aromatic carbocycles. The minimum atomic E-state index is -0.0789. The van der Waals surface area contributed by atoms with E-state index in [0.29, 0.717) is 5.75 Å². The van der Waals surface area contributed by atoms with Crippen molar-refractivity contribution in [3.63, 3.8) is 0 Å². The van der Waals surface area contributed by atoms with Crippen molar-refractivity contribution >= 4 is 39.2 Å². The molecule has 1 amide bonds. The second-order valence-electron chi connectivity index (χ2n) is 6.35. The molecular formula is C20H23N3O2S2. The van der Waals surface area contributed by atoms with Crippen LogP contribution >= 0.6 is 23.1 Å². The minimum Gasteiger partial charge on any atom is -0.496 e. The molecule has 3 aromatic rings. The van der Waals surface area contributed by atoms with Gasteiger partial charge in [-0.2, -0.15) is 0 Å². The van der Waals surface area contributed by atoms with Gasteiger partial charge in [-0.15, -0.1) is 11.3 Å². The van der Waals surface area contributed by atoms with Crippen LogP contribution in [0.25, 0.3) is 10.2 Å². The van der Waals surface area contributed by atoms with Crippen molar-refractivity contribution in [2.45, 2.75) is 31.8 Å². The fraction of sp³-hybridized carbons (Fsp3) is 0.350. The lowest BCUT2D eigenvalue weighted by molar-refractivity contribution is -0.128. The number of rotatable bonds is 6. The monoisotopic (exact) mass is 401 g/mol. The molecule has 2 heterocycles. The molecule has 7 heteroatoms. The van der Waals surface area contributed by atoms with Crippen molar-refractivity contribution < 1.29 is 9.53 Å². The fourth-order valence-corrected chi connectivity index (χ4v) is 4.97. The Morgan fingerprint density at radius 3 is 2.78 bits per heavy atom. The predicted octanol–water partition coefficient (Wildman–Crippen LogP) is 4.63. The molecule has 5 nitrogen and oxygen atoms in total. The SMILES string of the molecule is COc1ccccc1C(C)N(C)C(=O)CSc1ncnc2sc(C)c(C)c12. The molecule has 0 aliphatic rings. The van der Waals surface area contributed by atoms with E-state index in [2.05, 4.69) is 23.8 Å². The highest BCUT2D eigenvalue weighted by molar-refractivity contribution is 8.00. The number of carbonyl (C=O) groups excluding carboxylic acids is 1. The molecule has 0 bridgehead atoms. The van der Waals surface area contributed by atoms with Gasteiger partial charge in [0.25, 0.3) is 0 Å². The van der Waals surface area contributed by atoms with E-state index in [4.69, 9.17) is 4.74 Å². The maximum Gasteiger partial charge on any atom is 0.233 e. The minimum absolute atomic E-state index is 0.0507. The number of hydrogen-bond donors (Lipinski definition) is 0. The van der Waals surface area contributed by atoms with Gasteiger partial charge in [0.2, 0.25) is 5.91 Å². The molecule has 3 rings (SSSR count). The molecular weight excluding hydrogens is 378 g/mol. The van der Waals surface area contributed by atoms with E-state index in [1.54, 1.807) is 29.7 Å². The Labute approximate surface area is 167 Å². The average Bonchev–Trinajstić information content (AvgIpc) is 2.99. The number of carbonyl (C=O) groups is 1. The number of methoxy groups -OCH3 is 1. The first-order valence-corrected chi connectivity index (χ1v) is 10.5. The maximum atomic E-state index is 12.8. The third-order valence-corrected chi connectivity index (χ3v) is 6.92. The lowest BCUT2D eigenvalue weighted by atomic mass is 10.1. The summed E-state index contributed by atoms with van der Waals surface area (Å²) in [5.41, 5.74) is 2.19. The summed E-state index contributed by atoms with van der Waals surface area (Å²) in [5.74, 6) is 1.17. The normalized spacial score (nSPS) is 12.2. The number of hydrogen-bond acceptors (Lipinski definition) is 6. The number of fused-ring (bicyclic) bond motifs is 1. The summed E-state index contributed by atoms with van der Waals surface area (Å²) >= 11 is 3.14. The number of para-hydroxylation sites is 1. The molecule has 27 heavy (non-hydrogen) atoms. The zero-order valence-electron chi connectivity index (χ0n) is 16.1. The van der Waals surface area contributed by atoms with Gasteiger partial charge < -0.3 is 9.64 Å². The largest absolute Gasteiger partial charge is 0.496 e. The second-order valence-corrected chi connectivity index (χ2v) is 8.52. The number of nitrogens with zero attached hydrogens (tertiary/aromatic N) is 3. The van der Waals surface area contributed by atoms with E-state index in [0.717, 1.165) is 26.6 Å². The summed E-state index contributed by atoms with van der Waals surface area (Å²) < 4.78 is 5.43. The Hall–Kier alpha value is -2.12. The van der Waals surface area contributed by atoms with Crippen molar-refractivity contribution in [3.8, 4) is 5.75 Å². The molecule has 0 N–H and O–H groups in total. The molecule has 0 aliphatic carbocycles. The molecule has 0 radical (unpaired) electrons. The number of aryl methyl sites for hydroxylation is 2. The van der Waals surface area contributed by atoms with E-state index in [1.165, 1.54) is 22.2 Å². The number of thiophene rings is 1. The summed E-state index contributed by atoms with van der Waals surface area (Å²) in [6.45, 7) is 6.18. The Kier molecular flexibility index (Phi) is 6.01. The number of amides is 1. The topological polar surface area (TPSA) is 55.3 Å². The van der Waals surface area contributed by atoms with Crippen LogP contribution in [0, 0.1) is 13.8 Å². The predicted molar refractivity (Wildman–Crippen MR) is 112 cm³/mol. The van der Waals surface area contributed by atoms with Crippen LogP contribution in [-0.2, 0) is 4.79 Å². The fourth-order valence-electron chi connectivity index (χ4n) is 2.93. The third kappa shape index (κ3) is 3.94. The van der Waals surface area contributed by atoms with Crippen molar-refractivity contribution in [2.24, 2.45) is 0 Å². The van der Waals surface area contributed by atoms with Crippen molar-refractivity contribution in [2.75, 3.05) is 19.9 Å². The molecule has 0 aliphatic heterocycles. The first kappa shape index (κ1) is 19.6. The lowest BCUT2D eigenvalue weighted by Gasteiger charge is -2.26. The first-order valence-electron chi connectivity index (χ1n) is 8.66. The smallest absolute Gasteiger partial charge is 0.233 e.